The van der Waals surface area contributed by atoms with Gasteiger partial charge in [0.2, 0.25) is 0 Å². The average Bonchev–Trinajstić information content (AvgIpc) is 3.25. The van der Waals surface area contributed by atoms with Gasteiger partial charge in [0, 0.05) is 57.4 Å². The Morgan fingerprint density at radius 3 is 2.71 bits per heavy atom. The van der Waals surface area contributed by atoms with E-state index in [4.69, 9.17) is 4.74 Å². The molecule has 0 bridgehead atoms. The lowest BCUT2D eigenvalue weighted by Gasteiger charge is -2.32. The molecule has 2 aliphatic rings. The van der Waals surface area contributed by atoms with Crippen molar-refractivity contribution in [3.8, 4) is 0 Å². The van der Waals surface area contributed by atoms with Gasteiger partial charge >= 0.3 is 0 Å². The molecule has 0 radical (unpaired) electrons. The van der Waals surface area contributed by atoms with Crippen LogP contribution in [0.5, 0.6) is 0 Å². The Bertz CT molecular complexity index is 881. The van der Waals surface area contributed by atoms with Gasteiger partial charge < -0.3 is 19.9 Å². The van der Waals surface area contributed by atoms with Crippen LogP contribution < -0.4 is 15.1 Å². The minimum absolute atomic E-state index is 0.173. The molecular weight excluding hydrogens is 478 g/mol. The molecule has 0 unspecified atom stereocenters. The molecule has 2 aliphatic heterocycles. The normalized spacial score (nSPS) is 17.5. The Morgan fingerprint density at radius 1 is 1.23 bits per heavy atom. The van der Waals surface area contributed by atoms with Gasteiger partial charge in [-0.15, -0.1) is 11.3 Å². The van der Waals surface area contributed by atoms with Gasteiger partial charge in [0.1, 0.15) is 5.69 Å². The van der Waals surface area contributed by atoms with E-state index in [1.54, 1.807) is 5.38 Å². The third-order valence-corrected chi connectivity index (χ3v) is 7.30. The summed E-state index contributed by atoms with van der Waals surface area (Å²) in [5, 5.41) is 4.86. The van der Waals surface area contributed by atoms with Crippen LogP contribution in [0.3, 0.4) is 0 Å². The van der Waals surface area contributed by atoms with Crippen LogP contribution in [0.4, 0.5) is 17.1 Å². The second-order valence-electron chi connectivity index (χ2n) is 8.06. The average molecular weight is 508 g/mol. The fraction of sp³-hybridized carbons (Fsp3) is 0.545. The Labute approximate surface area is 196 Å². The zero-order valence-corrected chi connectivity index (χ0v) is 20.4. The van der Waals surface area contributed by atoms with E-state index in [-0.39, 0.29) is 5.91 Å². The van der Waals surface area contributed by atoms with Crippen LogP contribution in [0.15, 0.2) is 27.5 Å². The summed E-state index contributed by atoms with van der Waals surface area (Å²) in [5.41, 5.74) is 3.55. The molecule has 0 atom stereocenters. The first kappa shape index (κ1) is 22.5. The van der Waals surface area contributed by atoms with Crippen molar-refractivity contribution in [1.82, 2.24) is 9.88 Å². The number of hydrogen-bond acceptors (Lipinski definition) is 7. The summed E-state index contributed by atoms with van der Waals surface area (Å²) in [7, 11) is 2.14. The van der Waals surface area contributed by atoms with E-state index in [9.17, 15) is 4.79 Å². The zero-order valence-electron chi connectivity index (χ0n) is 18.0. The van der Waals surface area contributed by atoms with Crippen LogP contribution in [0, 0.1) is 0 Å². The number of carbonyl (C=O) groups is 1. The number of likely N-dealkylation sites (N-methyl/N-ethyl adjacent to an activating group) is 1. The molecule has 0 saturated carbocycles. The van der Waals surface area contributed by atoms with Crippen molar-refractivity contribution in [1.29, 1.82) is 0 Å². The van der Waals surface area contributed by atoms with Crippen molar-refractivity contribution < 1.29 is 9.53 Å². The predicted molar refractivity (Wildman–Crippen MR) is 131 cm³/mol. The van der Waals surface area contributed by atoms with Crippen molar-refractivity contribution in [3.05, 3.63) is 33.2 Å². The summed E-state index contributed by atoms with van der Waals surface area (Å²) in [6.45, 7) is 7.68. The first-order chi connectivity index (χ1) is 15.1. The van der Waals surface area contributed by atoms with Crippen LogP contribution in [0.2, 0.25) is 0 Å². The molecule has 31 heavy (non-hydrogen) atoms. The highest BCUT2D eigenvalue weighted by Crippen LogP contribution is 2.33. The number of anilines is 3. The molecule has 1 N–H and O–H groups in total. The number of amides is 1. The standard InChI is InChI=1S/C22H30BrN5O2S/c1-26(9-10-27-11-13-30-14-12-27)17-5-6-18(20(15-17)28-7-3-2-4-8-28)24-21(29)19-16-31-22(23)25-19/h5-6,15-16H,2-4,7-14H2,1H3,(H,24,29). The van der Waals surface area contributed by atoms with Crippen molar-refractivity contribution in [3.63, 3.8) is 0 Å². The number of ether oxygens (including phenoxy) is 1. The van der Waals surface area contributed by atoms with Crippen LogP contribution >= 0.6 is 27.3 Å². The Balaban J connectivity index is 1.50. The van der Waals surface area contributed by atoms with E-state index >= 15 is 0 Å². The highest BCUT2D eigenvalue weighted by molar-refractivity contribution is 9.11. The number of morpholine rings is 1. The molecule has 2 aromatic rings. The lowest BCUT2D eigenvalue weighted by Crippen LogP contribution is -2.40. The van der Waals surface area contributed by atoms with Crippen molar-refractivity contribution in [2.24, 2.45) is 0 Å². The first-order valence-corrected chi connectivity index (χ1v) is 12.6. The Hall–Kier alpha value is -1.68. The second-order valence-corrected chi connectivity index (χ2v) is 10.2. The quantitative estimate of drug-likeness (QED) is 0.612. The zero-order chi connectivity index (χ0) is 21.6. The maximum absolute atomic E-state index is 12.7. The van der Waals surface area contributed by atoms with E-state index in [1.165, 1.54) is 36.3 Å². The number of nitrogens with one attached hydrogen (secondary N) is 1. The first-order valence-electron chi connectivity index (χ1n) is 10.9. The number of piperidine rings is 1. The van der Waals surface area contributed by atoms with Crippen LogP contribution in [0.1, 0.15) is 29.8 Å². The van der Waals surface area contributed by atoms with Crippen LogP contribution in [0.25, 0.3) is 0 Å². The van der Waals surface area contributed by atoms with Gasteiger partial charge in [-0.05, 0) is 53.4 Å². The van der Waals surface area contributed by atoms with Gasteiger partial charge in [0.25, 0.3) is 5.91 Å². The highest BCUT2D eigenvalue weighted by atomic mass is 79.9. The summed E-state index contributed by atoms with van der Waals surface area (Å²) in [4.78, 5) is 24.1. The Morgan fingerprint density at radius 2 is 2.00 bits per heavy atom. The van der Waals surface area contributed by atoms with Gasteiger partial charge in [0.15, 0.2) is 3.92 Å². The van der Waals surface area contributed by atoms with E-state index in [1.807, 2.05) is 6.07 Å². The molecule has 0 aliphatic carbocycles. The fourth-order valence-electron chi connectivity index (χ4n) is 4.05. The topological polar surface area (TPSA) is 60.9 Å². The van der Waals surface area contributed by atoms with Crippen molar-refractivity contribution >= 4 is 50.2 Å². The molecule has 0 spiro atoms. The van der Waals surface area contributed by atoms with Gasteiger partial charge in [-0.25, -0.2) is 4.98 Å². The summed E-state index contributed by atoms with van der Waals surface area (Å²) in [5.74, 6) is -0.173. The van der Waals surface area contributed by atoms with Gasteiger partial charge in [-0.2, -0.15) is 0 Å². The van der Waals surface area contributed by atoms with Crippen LogP contribution in [-0.4, -0.2) is 75.3 Å². The third-order valence-electron chi connectivity index (χ3n) is 5.93. The lowest BCUT2D eigenvalue weighted by atomic mass is 10.1. The molecule has 4 rings (SSSR count). The molecule has 2 fully saturated rings. The number of rotatable bonds is 7. The monoisotopic (exact) mass is 507 g/mol. The maximum atomic E-state index is 12.7. The molecule has 1 amide bonds. The summed E-state index contributed by atoms with van der Waals surface area (Å²) >= 11 is 4.75. The number of carbonyl (C=O) groups excluding carboxylic acids is 1. The van der Waals surface area contributed by atoms with E-state index in [0.29, 0.717) is 9.61 Å². The predicted octanol–water partition coefficient (Wildman–Crippen LogP) is 3.92. The fourth-order valence-corrected chi connectivity index (χ4v) is 5.04. The largest absolute Gasteiger partial charge is 0.379 e. The molecule has 2 saturated heterocycles. The SMILES string of the molecule is CN(CCN1CCOCC1)c1ccc(NC(=O)c2csc(Br)n2)c(N2CCCCC2)c1. The number of thiazole rings is 1. The molecule has 1 aromatic carbocycles. The molecule has 168 valence electrons. The van der Waals surface area contributed by atoms with E-state index < -0.39 is 0 Å². The number of nitrogens with zero attached hydrogens (tertiary/aromatic N) is 4. The van der Waals surface area contributed by atoms with Crippen molar-refractivity contribution in [2.75, 3.05) is 74.6 Å². The highest BCUT2D eigenvalue weighted by Gasteiger charge is 2.19. The van der Waals surface area contributed by atoms with Crippen LogP contribution in [-0.2, 0) is 4.74 Å². The third kappa shape index (κ3) is 5.97. The summed E-state index contributed by atoms with van der Waals surface area (Å²) in [6, 6.07) is 6.35. The van der Waals surface area contributed by atoms with E-state index in [2.05, 4.69) is 60.1 Å². The maximum Gasteiger partial charge on any atom is 0.275 e. The molecule has 1 aromatic heterocycles. The minimum atomic E-state index is -0.173. The number of hydrogen-bond donors (Lipinski definition) is 1. The lowest BCUT2D eigenvalue weighted by molar-refractivity contribution is 0.0393. The Kier molecular flexibility index (Phi) is 7.81. The number of aromatic nitrogens is 1. The molecular formula is C22H30BrN5O2S. The number of halogens is 1. The molecule has 9 heteroatoms. The van der Waals surface area contributed by atoms with Gasteiger partial charge in [-0.3, -0.25) is 9.69 Å². The van der Waals surface area contributed by atoms with Gasteiger partial charge in [0.05, 0.1) is 24.6 Å². The summed E-state index contributed by atoms with van der Waals surface area (Å²) < 4.78 is 6.16. The summed E-state index contributed by atoms with van der Waals surface area (Å²) in [6.07, 6.45) is 3.64. The second kappa shape index (κ2) is 10.8. The molecule has 7 nitrogen and oxygen atoms in total. The number of benzene rings is 1. The minimum Gasteiger partial charge on any atom is -0.379 e. The smallest absolute Gasteiger partial charge is 0.275 e. The van der Waals surface area contributed by atoms with Gasteiger partial charge in [-0.1, -0.05) is 0 Å². The molecule has 3 heterocycles. The van der Waals surface area contributed by atoms with E-state index in [0.717, 1.165) is 63.9 Å². The van der Waals surface area contributed by atoms with Crippen molar-refractivity contribution in [2.45, 2.75) is 19.3 Å².